The molecule has 6 rings (SSSR count). The smallest absolute Gasteiger partial charge is 0.417 e. The molecule has 10 nitrogen and oxygen atoms in total. The molecular formula is C34H33F5N6O4S. The first-order valence-electron chi connectivity index (χ1n) is 15.7. The minimum absolute atomic E-state index is 0.0630. The van der Waals surface area contributed by atoms with E-state index in [9.17, 15) is 28.0 Å². The van der Waals surface area contributed by atoms with E-state index in [0.29, 0.717) is 24.2 Å². The van der Waals surface area contributed by atoms with Crippen molar-refractivity contribution in [2.75, 3.05) is 23.3 Å². The maximum Gasteiger partial charge on any atom is 0.417 e. The number of nitrogens with one attached hydrogen (secondary N) is 1. The van der Waals surface area contributed by atoms with Crippen LogP contribution in [0.3, 0.4) is 0 Å². The zero-order valence-electron chi connectivity index (χ0n) is 28.0. The van der Waals surface area contributed by atoms with Crippen molar-refractivity contribution in [3.8, 4) is 17.2 Å². The molecule has 2 unspecified atom stereocenters. The summed E-state index contributed by atoms with van der Waals surface area (Å²) in [6, 6.07) is 3.83. The molecule has 4 aromatic rings. The van der Waals surface area contributed by atoms with E-state index in [4.69, 9.17) is 9.47 Å². The molecule has 2 saturated heterocycles. The van der Waals surface area contributed by atoms with E-state index < -0.39 is 63.4 Å². The number of hydrogen-bond acceptors (Lipinski definition) is 9. The maximum atomic E-state index is 16.7. The molecule has 50 heavy (non-hydrogen) atoms. The normalized spacial score (nSPS) is 18.0. The molecule has 2 aromatic carbocycles. The number of benzene rings is 2. The van der Waals surface area contributed by atoms with Crippen LogP contribution < -0.4 is 10.2 Å². The monoisotopic (exact) mass is 716 g/mol. The Balaban J connectivity index is 1.48. The average Bonchev–Trinajstić information content (AvgIpc) is 3.49. The lowest BCUT2D eigenvalue weighted by molar-refractivity contribution is -0.137. The number of thiophene rings is 1. The number of piperazine rings is 1. The van der Waals surface area contributed by atoms with Crippen LogP contribution in [0, 0.1) is 23.0 Å². The lowest BCUT2D eigenvalue weighted by Gasteiger charge is -2.42. The minimum atomic E-state index is -5.12. The van der Waals surface area contributed by atoms with E-state index in [2.05, 4.69) is 15.3 Å². The van der Waals surface area contributed by atoms with E-state index in [-0.39, 0.29) is 57.0 Å². The first-order chi connectivity index (χ1) is 23.3. The lowest BCUT2D eigenvalue weighted by atomic mass is 9.92. The fourth-order valence-electron chi connectivity index (χ4n) is 6.55. The largest absolute Gasteiger partial charge is 0.444 e. The van der Waals surface area contributed by atoms with Crippen molar-refractivity contribution >= 4 is 55.3 Å². The van der Waals surface area contributed by atoms with Gasteiger partial charge < -0.3 is 14.4 Å². The standard InChI is InChI=1S/C34H33F5N6O4S/c1-32(2,3)48-30(46)43-29-20(12-40)23-18(9-10-22(35)27(23)50-29)24-21(34(37,38)39)11-19-26(25(24)36)41-15-42-28(19)44-13-16-7-8-17(14-44)45(16)31(47)49-33(4,5)6/h9-11,15-17H,7-8,13-14H2,1-6H3,(H,43,46). The van der Waals surface area contributed by atoms with Crippen LogP contribution in [0.15, 0.2) is 24.5 Å². The quantitative estimate of drug-likeness (QED) is 0.209. The van der Waals surface area contributed by atoms with Crippen LogP contribution in [0.1, 0.15) is 65.5 Å². The Hall–Kier alpha value is -4.78. The van der Waals surface area contributed by atoms with Gasteiger partial charge in [-0.05, 0) is 72.1 Å². The van der Waals surface area contributed by atoms with Gasteiger partial charge in [-0.3, -0.25) is 10.2 Å². The highest BCUT2D eigenvalue weighted by molar-refractivity contribution is 7.23. The highest BCUT2D eigenvalue weighted by Gasteiger charge is 2.45. The van der Waals surface area contributed by atoms with Crippen molar-refractivity contribution in [2.45, 2.75) is 83.8 Å². The number of aromatic nitrogens is 2. The van der Waals surface area contributed by atoms with E-state index in [1.807, 2.05) is 6.07 Å². The van der Waals surface area contributed by atoms with E-state index in [1.54, 1.807) is 51.3 Å². The van der Waals surface area contributed by atoms with Gasteiger partial charge >= 0.3 is 18.4 Å². The molecule has 4 heterocycles. The molecular weight excluding hydrogens is 683 g/mol. The van der Waals surface area contributed by atoms with Gasteiger partial charge in [0.1, 0.15) is 45.8 Å². The fraction of sp³-hybridized carbons (Fsp3) is 0.441. The van der Waals surface area contributed by atoms with Gasteiger partial charge in [-0.1, -0.05) is 6.07 Å². The summed E-state index contributed by atoms with van der Waals surface area (Å²) in [5, 5.41) is 11.8. The maximum absolute atomic E-state index is 16.7. The summed E-state index contributed by atoms with van der Waals surface area (Å²) < 4.78 is 87.2. The van der Waals surface area contributed by atoms with E-state index >= 15 is 8.78 Å². The number of carbonyl (C=O) groups is 2. The number of fused-ring (bicyclic) bond motifs is 4. The number of anilines is 2. The summed E-state index contributed by atoms with van der Waals surface area (Å²) in [6.07, 6.45) is -4.24. The number of rotatable bonds is 3. The van der Waals surface area contributed by atoms with Gasteiger partial charge in [-0.15, -0.1) is 11.3 Å². The topological polar surface area (TPSA) is 121 Å². The van der Waals surface area contributed by atoms with Crippen molar-refractivity contribution in [3.05, 3.63) is 47.3 Å². The van der Waals surface area contributed by atoms with Crippen LogP contribution >= 0.6 is 11.3 Å². The predicted octanol–water partition coefficient (Wildman–Crippen LogP) is 8.62. The third-order valence-electron chi connectivity index (χ3n) is 8.33. The number of alkyl halides is 3. The fourth-order valence-corrected chi connectivity index (χ4v) is 7.61. The van der Waals surface area contributed by atoms with Crippen molar-refractivity contribution in [1.82, 2.24) is 14.9 Å². The van der Waals surface area contributed by atoms with Gasteiger partial charge in [-0.25, -0.2) is 28.3 Å². The van der Waals surface area contributed by atoms with Gasteiger partial charge in [0.05, 0.1) is 27.9 Å². The second-order valence-electron chi connectivity index (χ2n) is 14.2. The van der Waals surface area contributed by atoms with Crippen LogP contribution in [0.25, 0.3) is 32.1 Å². The number of carbonyl (C=O) groups excluding carboxylic acids is 2. The summed E-state index contributed by atoms with van der Waals surface area (Å²) in [5.41, 5.74) is -5.17. The van der Waals surface area contributed by atoms with Gasteiger partial charge in [0, 0.05) is 29.4 Å². The van der Waals surface area contributed by atoms with Crippen LogP contribution in [0.5, 0.6) is 0 Å². The highest BCUT2D eigenvalue weighted by Crippen LogP contribution is 2.48. The second-order valence-corrected chi connectivity index (χ2v) is 15.2. The molecule has 0 saturated carbocycles. The van der Waals surface area contributed by atoms with Crippen LogP contribution in [0.2, 0.25) is 0 Å². The third-order valence-corrected chi connectivity index (χ3v) is 9.44. The second kappa shape index (κ2) is 12.2. The first kappa shape index (κ1) is 35.1. The van der Waals surface area contributed by atoms with Crippen molar-refractivity contribution in [3.63, 3.8) is 0 Å². The summed E-state index contributed by atoms with van der Waals surface area (Å²) in [6.45, 7) is 10.5. The molecule has 2 atom stereocenters. The summed E-state index contributed by atoms with van der Waals surface area (Å²) in [7, 11) is 0. The Morgan fingerprint density at radius 3 is 2.22 bits per heavy atom. The number of ether oxygens (including phenoxy) is 2. The van der Waals surface area contributed by atoms with Gasteiger partial charge in [-0.2, -0.15) is 18.4 Å². The molecule has 2 fully saturated rings. The average molecular weight is 717 g/mol. The van der Waals surface area contributed by atoms with Crippen molar-refractivity contribution < 1.29 is 41.0 Å². The Labute approximate surface area is 287 Å². The number of nitriles is 1. The van der Waals surface area contributed by atoms with Gasteiger partial charge in [0.15, 0.2) is 5.82 Å². The number of halogens is 5. The molecule has 16 heteroatoms. The van der Waals surface area contributed by atoms with Crippen LogP contribution in [-0.4, -0.2) is 63.4 Å². The lowest BCUT2D eigenvalue weighted by Crippen LogP contribution is -2.57. The molecule has 2 bridgehead atoms. The summed E-state index contributed by atoms with van der Waals surface area (Å²) in [5.74, 6) is -2.17. The van der Waals surface area contributed by atoms with Crippen molar-refractivity contribution in [1.29, 1.82) is 5.26 Å². The number of nitrogens with zero attached hydrogens (tertiary/aromatic N) is 5. The Bertz CT molecular complexity index is 2070. The SMILES string of the molecule is CC(C)(C)OC(=O)Nc1sc2c(F)ccc(-c3c(C(F)(F)F)cc4c(N5CC6CCC(C5)N6C(=O)OC(C)(C)C)ncnc4c3F)c2c1C#N. The molecule has 264 valence electrons. The minimum Gasteiger partial charge on any atom is -0.444 e. The first-order valence-corrected chi connectivity index (χ1v) is 16.5. The zero-order chi connectivity index (χ0) is 36.5. The molecule has 2 aromatic heterocycles. The Kier molecular flexibility index (Phi) is 8.57. The molecule has 0 spiro atoms. The Morgan fingerprint density at radius 1 is 1.00 bits per heavy atom. The van der Waals surface area contributed by atoms with Gasteiger partial charge in [0.2, 0.25) is 0 Å². The third kappa shape index (κ3) is 6.46. The summed E-state index contributed by atoms with van der Waals surface area (Å²) >= 11 is 0.611. The molecule has 0 radical (unpaired) electrons. The molecule has 0 aliphatic carbocycles. The molecule has 2 amide bonds. The summed E-state index contributed by atoms with van der Waals surface area (Å²) in [4.78, 5) is 37.2. The van der Waals surface area contributed by atoms with E-state index in [0.717, 1.165) is 24.5 Å². The van der Waals surface area contributed by atoms with Crippen molar-refractivity contribution in [2.24, 2.45) is 0 Å². The molecule has 1 N–H and O–H groups in total. The molecule has 2 aliphatic rings. The predicted molar refractivity (Wildman–Crippen MR) is 177 cm³/mol. The van der Waals surface area contributed by atoms with Crippen LogP contribution in [0.4, 0.5) is 42.4 Å². The zero-order valence-corrected chi connectivity index (χ0v) is 28.8. The molecule has 2 aliphatic heterocycles. The van der Waals surface area contributed by atoms with Gasteiger partial charge in [0.25, 0.3) is 0 Å². The van der Waals surface area contributed by atoms with E-state index in [1.165, 1.54) is 0 Å². The Morgan fingerprint density at radius 2 is 1.64 bits per heavy atom. The number of amides is 2. The highest BCUT2D eigenvalue weighted by atomic mass is 32.1. The number of hydrogen-bond donors (Lipinski definition) is 1. The van der Waals surface area contributed by atoms with Crippen LogP contribution in [-0.2, 0) is 15.7 Å².